The minimum Gasteiger partial charge on any atom is -0.493 e. The predicted octanol–water partition coefficient (Wildman–Crippen LogP) is 4.15. The lowest BCUT2D eigenvalue weighted by atomic mass is 10.1. The minimum absolute atomic E-state index is 0.122. The summed E-state index contributed by atoms with van der Waals surface area (Å²) < 4.78 is 5.80. The third kappa shape index (κ3) is 5.49. The highest BCUT2D eigenvalue weighted by Gasteiger charge is 2.04. The molecule has 3 aromatic rings. The van der Waals surface area contributed by atoms with Gasteiger partial charge < -0.3 is 9.72 Å². The van der Waals surface area contributed by atoms with Gasteiger partial charge in [0.05, 0.1) is 12.3 Å². The lowest BCUT2D eigenvalue weighted by molar-refractivity contribution is 0.343. The Kier molecular flexibility index (Phi) is 6.12. The summed E-state index contributed by atoms with van der Waals surface area (Å²) in [5, 5.41) is 0.632. The maximum Gasteiger partial charge on any atom is 0.251 e. The molecule has 26 heavy (non-hydrogen) atoms. The SMILES string of the molecule is Cc1cc(C)cc(OCCSc2nc(Cc3ccccc3)cc(=O)[nH]2)c1. The number of aromatic amines is 1. The van der Waals surface area contributed by atoms with Crippen LogP contribution in [0, 0.1) is 13.8 Å². The molecule has 0 radical (unpaired) electrons. The standard InChI is InChI=1S/C21H22N2O2S/c1-15-10-16(2)12-19(11-15)25-8-9-26-21-22-18(14-20(24)23-21)13-17-6-4-3-5-7-17/h3-7,10-12,14H,8-9,13H2,1-2H3,(H,22,23,24). The predicted molar refractivity (Wildman–Crippen MR) is 106 cm³/mol. The van der Waals surface area contributed by atoms with Crippen molar-refractivity contribution < 1.29 is 4.74 Å². The summed E-state index contributed by atoms with van der Waals surface area (Å²) >= 11 is 1.50. The third-order valence-corrected chi connectivity index (χ3v) is 4.62. The van der Waals surface area contributed by atoms with Crippen LogP contribution in [0.2, 0.25) is 0 Å². The molecular weight excluding hydrogens is 344 g/mol. The summed E-state index contributed by atoms with van der Waals surface area (Å²) in [6, 6.07) is 17.8. The van der Waals surface area contributed by atoms with Gasteiger partial charge in [0.2, 0.25) is 0 Å². The molecule has 0 unspecified atom stereocenters. The Morgan fingerprint density at radius 2 is 1.77 bits per heavy atom. The molecule has 2 aromatic carbocycles. The average molecular weight is 366 g/mol. The second kappa shape index (κ2) is 8.72. The van der Waals surface area contributed by atoms with Gasteiger partial charge >= 0.3 is 0 Å². The topological polar surface area (TPSA) is 55.0 Å². The van der Waals surface area contributed by atoms with Gasteiger partial charge in [0.25, 0.3) is 5.56 Å². The summed E-state index contributed by atoms with van der Waals surface area (Å²) in [6.07, 6.45) is 0.650. The van der Waals surface area contributed by atoms with E-state index >= 15 is 0 Å². The molecule has 1 N–H and O–H groups in total. The van der Waals surface area contributed by atoms with Crippen molar-refractivity contribution in [3.05, 3.63) is 87.3 Å². The molecular formula is C21H22N2O2S. The van der Waals surface area contributed by atoms with Crippen LogP contribution >= 0.6 is 11.8 Å². The van der Waals surface area contributed by atoms with Crippen molar-refractivity contribution in [1.82, 2.24) is 9.97 Å². The van der Waals surface area contributed by atoms with Crippen molar-refractivity contribution in [2.45, 2.75) is 25.4 Å². The third-order valence-electron chi connectivity index (χ3n) is 3.79. The Morgan fingerprint density at radius 1 is 1.04 bits per heavy atom. The molecule has 0 saturated heterocycles. The van der Waals surface area contributed by atoms with E-state index < -0.39 is 0 Å². The molecule has 134 valence electrons. The van der Waals surface area contributed by atoms with E-state index in [0.717, 1.165) is 17.0 Å². The molecule has 0 bridgehead atoms. The lowest BCUT2D eigenvalue weighted by Gasteiger charge is -2.08. The molecule has 3 rings (SSSR count). The summed E-state index contributed by atoms with van der Waals surface area (Å²) in [5.41, 5.74) is 4.17. The van der Waals surface area contributed by atoms with Crippen molar-refractivity contribution in [2.75, 3.05) is 12.4 Å². The van der Waals surface area contributed by atoms with Gasteiger partial charge in [-0.2, -0.15) is 0 Å². The van der Waals surface area contributed by atoms with Crippen molar-refractivity contribution >= 4 is 11.8 Å². The Hall–Kier alpha value is -2.53. The monoisotopic (exact) mass is 366 g/mol. The van der Waals surface area contributed by atoms with Crippen molar-refractivity contribution in [2.24, 2.45) is 0 Å². The van der Waals surface area contributed by atoms with E-state index in [-0.39, 0.29) is 5.56 Å². The van der Waals surface area contributed by atoms with Crippen LogP contribution in [0.4, 0.5) is 0 Å². The highest BCUT2D eigenvalue weighted by atomic mass is 32.2. The fraction of sp³-hybridized carbons (Fsp3) is 0.238. The number of hydrogen-bond acceptors (Lipinski definition) is 4. The quantitative estimate of drug-likeness (QED) is 0.388. The largest absolute Gasteiger partial charge is 0.493 e. The van der Waals surface area contributed by atoms with Crippen LogP contribution in [0.1, 0.15) is 22.4 Å². The van der Waals surface area contributed by atoms with Crippen molar-refractivity contribution in [3.63, 3.8) is 0 Å². The zero-order valence-corrected chi connectivity index (χ0v) is 15.8. The lowest BCUT2D eigenvalue weighted by Crippen LogP contribution is -2.11. The number of H-pyrrole nitrogens is 1. The van der Waals surface area contributed by atoms with E-state index in [1.807, 2.05) is 42.5 Å². The minimum atomic E-state index is -0.122. The summed E-state index contributed by atoms with van der Waals surface area (Å²) in [5.74, 6) is 1.59. The highest BCUT2D eigenvalue weighted by molar-refractivity contribution is 7.99. The van der Waals surface area contributed by atoms with Gasteiger partial charge in [0.15, 0.2) is 5.16 Å². The van der Waals surface area contributed by atoms with Crippen LogP contribution in [-0.2, 0) is 6.42 Å². The number of ether oxygens (including phenoxy) is 1. The first-order chi connectivity index (χ1) is 12.6. The number of benzene rings is 2. The summed E-state index contributed by atoms with van der Waals surface area (Å²) in [4.78, 5) is 19.2. The van der Waals surface area contributed by atoms with Crippen LogP contribution < -0.4 is 10.3 Å². The first kappa shape index (κ1) is 18.3. The summed E-state index contributed by atoms with van der Waals surface area (Å²) in [7, 11) is 0. The average Bonchev–Trinajstić information content (AvgIpc) is 2.58. The molecule has 1 aromatic heterocycles. The molecule has 0 atom stereocenters. The van der Waals surface area contributed by atoms with E-state index in [9.17, 15) is 4.79 Å². The summed E-state index contributed by atoms with van der Waals surface area (Å²) in [6.45, 7) is 4.67. The van der Waals surface area contributed by atoms with Gasteiger partial charge in [-0.1, -0.05) is 48.2 Å². The highest BCUT2D eigenvalue weighted by Crippen LogP contribution is 2.18. The molecule has 5 heteroatoms. The molecule has 0 saturated carbocycles. The smallest absolute Gasteiger partial charge is 0.251 e. The molecule has 1 heterocycles. The number of thioether (sulfide) groups is 1. The van der Waals surface area contributed by atoms with Crippen LogP contribution in [0.25, 0.3) is 0 Å². The number of rotatable bonds is 7. The Morgan fingerprint density at radius 3 is 2.50 bits per heavy atom. The number of hydrogen-bond donors (Lipinski definition) is 1. The van der Waals surface area contributed by atoms with Crippen LogP contribution in [0.3, 0.4) is 0 Å². The molecule has 0 spiro atoms. The Labute approximate surface area is 157 Å². The van der Waals surface area contributed by atoms with Gasteiger partial charge in [-0.05, 0) is 42.7 Å². The number of aromatic nitrogens is 2. The molecule has 4 nitrogen and oxygen atoms in total. The molecule has 0 aliphatic carbocycles. The second-order valence-corrected chi connectivity index (χ2v) is 7.31. The van der Waals surface area contributed by atoms with Crippen molar-refractivity contribution in [1.29, 1.82) is 0 Å². The molecule has 0 aliphatic heterocycles. The van der Waals surface area contributed by atoms with Gasteiger partial charge in [-0.15, -0.1) is 0 Å². The second-order valence-electron chi connectivity index (χ2n) is 6.22. The van der Waals surface area contributed by atoms with Gasteiger partial charge in [0, 0.05) is 18.2 Å². The van der Waals surface area contributed by atoms with E-state index in [1.165, 1.54) is 22.9 Å². The van der Waals surface area contributed by atoms with Gasteiger partial charge in [-0.25, -0.2) is 4.98 Å². The van der Waals surface area contributed by atoms with Crippen LogP contribution in [-0.4, -0.2) is 22.3 Å². The number of nitrogens with zero attached hydrogens (tertiary/aromatic N) is 1. The number of nitrogens with one attached hydrogen (secondary N) is 1. The van der Waals surface area contributed by atoms with E-state index in [0.29, 0.717) is 23.9 Å². The van der Waals surface area contributed by atoms with Gasteiger partial charge in [0.1, 0.15) is 5.75 Å². The van der Waals surface area contributed by atoms with Gasteiger partial charge in [-0.3, -0.25) is 4.79 Å². The van der Waals surface area contributed by atoms with E-state index in [4.69, 9.17) is 4.74 Å². The maximum atomic E-state index is 11.9. The van der Waals surface area contributed by atoms with E-state index in [2.05, 4.69) is 29.9 Å². The molecule has 0 aliphatic rings. The first-order valence-corrected chi connectivity index (χ1v) is 9.55. The zero-order valence-electron chi connectivity index (χ0n) is 15.0. The fourth-order valence-electron chi connectivity index (χ4n) is 2.76. The normalized spacial score (nSPS) is 10.7. The molecule has 0 amide bonds. The van der Waals surface area contributed by atoms with Crippen molar-refractivity contribution in [3.8, 4) is 5.75 Å². The first-order valence-electron chi connectivity index (χ1n) is 8.56. The molecule has 0 fully saturated rings. The maximum absolute atomic E-state index is 11.9. The Balaban J connectivity index is 1.57. The van der Waals surface area contributed by atoms with Crippen LogP contribution in [0.5, 0.6) is 5.75 Å². The number of aryl methyl sites for hydroxylation is 2. The Bertz CT molecular complexity index is 903. The fourth-order valence-corrected chi connectivity index (χ4v) is 3.48. The zero-order chi connectivity index (χ0) is 18.4. The van der Waals surface area contributed by atoms with E-state index in [1.54, 1.807) is 6.07 Å². The van der Waals surface area contributed by atoms with Crippen LogP contribution in [0.15, 0.2) is 64.5 Å².